The molecule has 0 saturated heterocycles. The zero-order valence-corrected chi connectivity index (χ0v) is 9.90. The van der Waals surface area contributed by atoms with Crippen molar-refractivity contribution in [3.05, 3.63) is 29.8 Å². The lowest BCUT2D eigenvalue weighted by molar-refractivity contribution is 0.341. The van der Waals surface area contributed by atoms with E-state index in [9.17, 15) is 0 Å². The van der Waals surface area contributed by atoms with Crippen LogP contribution >= 0.6 is 23.4 Å². The van der Waals surface area contributed by atoms with Crippen LogP contribution < -0.4 is 4.74 Å². The van der Waals surface area contributed by atoms with E-state index in [0.29, 0.717) is 5.88 Å². The fourth-order valence-corrected chi connectivity index (χ4v) is 1.82. The van der Waals surface area contributed by atoms with Crippen molar-refractivity contribution >= 4 is 23.4 Å². The number of hydrogen-bond acceptors (Lipinski definition) is 2. The molecule has 0 heterocycles. The minimum atomic E-state index is 0.511. The van der Waals surface area contributed by atoms with Gasteiger partial charge in [-0.3, -0.25) is 0 Å². The molecule has 0 bridgehead atoms. The van der Waals surface area contributed by atoms with Crippen molar-refractivity contribution in [2.24, 2.45) is 0 Å². The van der Waals surface area contributed by atoms with Crippen molar-refractivity contribution < 1.29 is 4.74 Å². The molecule has 0 spiro atoms. The lowest BCUT2D eigenvalue weighted by Gasteiger charge is -2.08. The number of benzene rings is 1. The van der Waals surface area contributed by atoms with Crippen molar-refractivity contribution in [3.63, 3.8) is 0 Å². The molecule has 0 aromatic heterocycles. The van der Waals surface area contributed by atoms with Gasteiger partial charge >= 0.3 is 0 Å². The van der Waals surface area contributed by atoms with Gasteiger partial charge in [0.25, 0.3) is 0 Å². The highest BCUT2D eigenvalue weighted by atomic mass is 35.5. The van der Waals surface area contributed by atoms with E-state index < -0.39 is 0 Å². The highest BCUT2D eigenvalue weighted by molar-refractivity contribution is 7.99. The van der Waals surface area contributed by atoms with Gasteiger partial charge in [0.1, 0.15) is 5.75 Å². The molecule has 1 nitrogen and oxygen atoms in total. The lowest BCUT2D eigenvalue weighted by Crippen LogP contribution is -2.02. The van der Waals surface area contributed by atoms with Crippen LogP contribution in [0.25, 0.3) is 0 Å². The molecule has 0 saturated carbocycles. The maximum Gasteiger partial charge on any atom is 0.123 e. The highest BCUT2D eigenvalue weighted by Crippen LogP contribution is 2.19. The summed E-state index contributed by atoms with van der Waals surface area (Å²) in [5.41, 5.74) is 1.07. The summed E-state index contributed by atoms with van der Waals surface area (Å²) in [6, 6.07) is 7.91. The first kappa shape index (κ1) is 11.7. The summed E-state index contributed by atoms with van der Waals surface area (Å²) in [5.74, 6) is 3.60. The fraction of sp³-hybridized carbons (Fsp3) is 0.455. The molecule has 0 aliphatic carbocycles. The first-order valence-electron chi connectivity index (χ1n) is 4.73. The molecule has 78 valence electrons. The van der Waals surface area contributed by atoms with Gasteiger partial charge in [0.2, 0.25) is 0 Å². The molecule has 1 aromatic rings. The quantitative estimate of drug-likeness (QED) is 0.546. The molecule has 3 heteroatoms. The average molecular weight is 231 g/mol. The van der Waals surface area contributed by atoms with Gasteiger partial charge < -0.3 is 4.74 Å². The van der Waals surface area contributed by atoms with Crippen LogP contribution in [0.15, 0.2) is 24.3 Å². The predicted molar refractivity (Wildman–Crippen MR) is 64.5 cm³/mol. The largest absolute Gasteiger partial charge is 0.492 e. The molecular weight excluding hydrogens is 216 g/mol. The third-order valence-electron chi connectivity index (χ3n) is 1.81. The van der Waals surface area contributed by atoms with Crippen LogP contribution in [0.1, 0.15) is 12.5 Å². The van der Waals surface area contributed by atoms with Crippen LogP contribution in [0.5, 0.6) is 5.75 Å². The molecule has 0 amide bonds. The zero-order valence-electron chi connectivity index (χ0n) is 8.33. The Morgan fingerprint density at radius 1 is 1.36 bits per heavy atom. The maximum absolute atomic E-state index is 5.79. The summed E-state index contributed by atoms with van der Waals surface area (Å²) < 4.78 is 5.62. The van der Waals surface area contributed by atoms with E-state index >= 15 is 0 Å². The minimum Gasteiger partial charge on any atom is -0.492 e. The Morgan fingerprint density at radius 2 is 2.14 bits per heavy atom. The van der Waals surface area contributed by atoms with Gasteiger partial charge in [-0.05, 0) is 11.8 Å². The van der Waals surface area contributed by atoms with Crippen molar-refractivity contribution in [1.82, 2.24) is 0 Å². The second kappa shape index (κ2) is 7.02. The predicted octanol–water partition coefficient (Wildman–Crippen LogP) is 3.56. The third kappa shape index (κ3) is 3.81. The van der Waals surface area contributed by atoms with Crippen LogP contribution in [-0.4, -0.2) is 18.1 Å². The minimum absolute atomic E-state index is 0.511. The summed E-state index contributed by atoms with van der Waals surface area (Å²) in [6.07, 6.45) is 0. The van der Waals surface area contributed by atoms with Crippen molar-refractivity contribution in [1.29, 1.82) is 0 Å². The normalized spacial score (nSPS) is 10.1. The van der Waals surface area contributed by atoms with Crippen molar-refractivity contribution in [2.75, 3.05) is 18.1 Å². The summed E-state index contributed by atoms with van der Waals surface area (Å²) >= 11 is 7.67. The molecule has 1 aromatic carbocycles. The lowest BCUT2D eigenvalue weighted by atomic mass is 10.2. The third-order valence-corrected chi connectivity index (χ3v) is 2.96. The Bertz CT molecular complexity index is 265. The van der Waals surface area contributed by atoms with Gasteiger partial charge in [0.15, 0.2) is 0 Å². The SMILES string of the molecule is CCSCCOc1ccccc1CCl. The summed E-state index contributed by atoms with van der Waals surface area (Å²) in [7, 11) is 0. The van der Waals surface area contributed by atoms with Crippen LogP contribution in [-0.2, 0) is 5.88 Å². The number of rotatable bonds is 6. The topological polar surface area (TPSA) is 9.23 Å². The summed E-state index contributed by atoms with van der Waals surface area (Å²) in [6.45, 7) is 2.91. The number of hydrogen-bond donors (Lipinski definition) is 0. The summed E-state index contributed by atoms with van der Waals surface area (Å²) in [4.78, 5) is 0. The first-order valence-corrected chi connectivity index (χ1v) is 6.41. The number of halogens is 1. The number of thioether (sulfide) groups is 1. The van der Waals surface area contributed by atoms with Gasteiger partial charge in [0, 0.05) is 11.3 Å². The van der Waals surface area contributed by atoms with Gasteiger partial charge in [-0.2, -0.15) is 11.8 Å². The molecule has 0 unspecified atom stereocenters. The summed E-state index contributed by atoms with van der Waals surface area (Å²) in [5, 5.41) is 0. The van der Waals surface area contributed by atoms with E-state index in [-0.39, 0.29) is 0 Å². The Balaban J connectivity index is 2.41. The molecule has 0 radical (unpaired) electrons. The molecule has 1 rings (SSSR count). The van der Waals surface area contributed by atoms with E-state index in [1.165, 1.54) is 0 Å². The fourth-order valence-electron chi connectivity index (χ4n) is 1.11. The standard InChI is InChI=1S/C11H15ClOS/c1-2-14-8-7-13-11-6-4-3-5-10(11)9-12/h3-6H,2,7-9H2,1H3. The van der Waals surface area contributed by atoms with E-state index in [1.54, 1.807) is 0 Å². The van der Waals surface area contributed by atoms with Crippen molar-refractivity contribution in [3.8, 4) is 5.75 Å². The van der Waals surface area contributed by atoms with Crippen LogP contribution in [0.3, 0.4) is 0 Å². The Kier molecular flexibility index (Phi) is 5.88. The van der Waals surface area contributed by atoms with E-state index in [1.807, 2.05) is 36.0 Å². The van der Waals surface area contributed by atoms with Crippen LogP contribution in [0.2, 0.25) is 0 Å². The smallest absolute Gasteiger partial charge is 0.123 e. The van der Waals surface area contributed by atoms with Crippen molar-refractivity contribution in [2.45, 2.75) is 12.8 Å². The van der Waals surface area contributed by atoms with E-state index in [2.05, 4.69) is 6.92 Å². The van der Waals surface area contributed by atoms with E-state index in [0.717, 1.165) is 29.4 Å². The second-order valence-corrected chi connectivity index (χ2v) is 4.45. The first-order chi connectivity index (χ1) is 6.88. The Hall–Kier alpha value is -0.340. The molecule has 0 atom stereocenters. The zero-order chi connectivity index (χ0) is 10.2. The number of para-hydroxylation sites is 1. The number of alkyl halides is 1. The molecule has 0 N–H and O–H groups in total. The molecule has 0 fully saturated rings. The van der Waals surface area contributed by atoms with Gasteiger partial charge in [-0.25, -0.2) is 0 Å². The monoisotopic (exact) mass is 230 g/mol. The Morgan fingerprint density at radius 3 is 2.86 bits per heavy atom. The average Bonchev–Trinajstić information content (AvgIpc) is 2.25. The Labute approximate surface area is 94.8 Å². The van der Waals surface area contributed by atoms with Gasteiger partial charge in [0.05, 0.1) is 12.5 Å². The highest BCUT2D eigenvalue weighted by Gasteiger charge is 2.00. The van der Waals surface area contributed by atoms with Gasteiger partial charge in [-0.1, -0.05) is 25.1 Å². The van der Waals surface area contributed by atoms with Crippen LogP contribution in [0, 0.1) is 0 Å². The van der Waals surface area contributed by atoms with Crippen LogP contribution in [0.4, 0.5) is 0 Å². The van der Waals surface area contributed by atoms with Gasteiger partial charge in [-0.15, -0.1) is 11.6 Å². The maximum atomic E-state index is 5.79. The molecule has 0 aliphatic heterocycles. The second-order valence-electron chi connectivity index (χ2n) is 2.79. The molecule has 0 aliphatic rings. The molecule has 14 heavy (non-hydrogen) atoms. The van der Waals surface area contributed by atoms with E-state index in [4.69, 9.17) is 16.3 Å². The number of ether oxygens (including phenoxy) is 1. The molecular formula is C11H15ClOS.